The number of rotatable bonds is 9. The summed E-state index contributed by atoms with van der Waals surface area (Å²) in [4.78, 5) is 23.5. The minimum absolute atomic E-state index is 0.101. The molecule has 0 saturated carbocycles. The highest BCUT2D eigenvalue weighted by Gasteiger charge is 2.37. The van der Waals surface area contributed by atoms with Gasteiger partial charge in [0.25, 0.3) is 0 Å². The first-order chi connectivity index (χ1) is 9.33. The van der Waals surface area contributed by atoms with Gasteiger partial charge < -0.3 is 18.9 Å². The predicted octanol–water partition coefficient (Wildman–Crippen LogP) is 1.25. The summed E-state index contributed by atoms with van der Waals surface area (Å²) >= 11 is 0. The highest BCUT2D eigenvalue weighted by Crippen LogP contribution is 2.11. The van der Waals surface area contributed by atoms with Crippen molar-refractivity contribution in [1.82, 2.24) is 0 Å². The van der Waals surface area contributed by atoms with Crippen molar-refractivity contribution in [2.75, 3.05) is 27.4 Å². The van der Waals surface area contributed by atoms with Crippen LogP contribution in [0.15, 0.2) is 24.3 Å². The zero-order chi connectivity index (χ0) is 15.7. The van der Waals surface area contributed by atoms with E-state index in [0.29, 0.717) is 11.1 Å². The van der Waals surface area contributed by atoms with Gasteiger partial charge in [0.15, 0.2) is 12.2 Å². The summed E-state index contributed by atoms with van der Waals surface area (Å²) in [5, 5.41) is 0. The Balaban J connectivity index is 5.05. The lowest BCUT2D eigenvalue weighted by atomic mass is 10.2. The fourth-order valence-electron chi connectivity index (χ4n) is 1.25. The number of ether oxygens (including phenoxy) is 4. The van der Waals surface area contributed by atoms with Crippen molar-refractivity contribution in [2.45, 2.75) is 26.1 Å². The van der Waals surface area contributed by atoms with Crippen LogP contribution >= 0.6 is 0 Å². The Bertz CT molecular complexity index is 338. The lowest BCUT2D eigenvalue weighted by Crippen LogP contribution is -2.45. The molecule has 0 aromatic rings. The van der Waals surface area contributed by atoms with E-state index in [4.69, 9.17) is 9.47 Å². The minimum atomic E-state index is -1.22. The SMILES string of the molecule is C=C(C)CO[C@@H](C(=O)OC)[C@@H](OCC(=C)C)C(=O)OC. The molecule has 0 aliphatic rings. The third-order valence-electron chi connectivity index (χ3n) is 2.16. The fraction of sp³-hybridized carbons (Fsp3) is 0.571. The molecule has 6 heteroatoms. The van der Waals surface area contributed by atoms with Gasteiger partial charge in [-0.3, -0.25) is 0 Å². The van der Waals surface area contributed by atoms with Gasteiger partial charge in [-0.2, -0.15) is 0 Å². The van der Waals surface area contributed by atoms with Gasteiger partial charge in [-0.25, -0.2) is 9.59 Å². The third kappa shape index (κ3) is 6.49. The van der Waals surface area contributed by atoms with Crippen LogP contribution in [0.4, 0.5) is 0 Å². The molecule has 2 atom stereocenters. The van der Waals surface area contributed by atoms with Crippen LogP contribution < -0.4 is 0 Å². The molecule has 0 heterocycles. The van der Waals surface area contributed by atoms with Crippen LogP contribution in [-0.4, -0.2) is 51.6 Å². The molecule has 0 N–H and O–H groups in total. The summed E-state index contributed by atoms with van der Waals surface area (Å²) in [5.74, 6) is -1.44. The first-order valence-corrected chi connectivity index (χ1v) is 6.01. The fourth-order valence-corrected chi connectivity index (χ4v) is 1.25. The van der Waals surface area contributed by atoms with E-state index in [2.05, 4.69) is 22.6 Å². The van der Waals surface area contributed by atoms with E-state index >= 15 is 0 Å². The Morgan fingerprint density at radius 3 is 1.35 bits per heavy atom. The van der Waals surface area contributed by atoms with Gasteiger partial charge in [-0.05, 0) is 13.8 Å². The topological polar surface area (TPSA) is 71.1 Å². The van der Waals surface area contributed by atoms with Gasteiger partial charge in [-0.15, -0.1) is 0 Å². The molecule has 0 bridgehead atoms. The van der Waals surface area contributed by atoms with Gasteiger partial charge in [0, 0.05) is 0 Å². The molecule has 114 valence electrons. The molecule has 0 saturated heterocycles. The van der Waals surface area contributed by atoms with Crippen molar-refractivity contribution in [2.24, 2.45) is 0 Å². The molecule has 0 rings (SSSR count). The smallest absolute Gasteiger partial charge is 0.338 e. The van der Waals surface area contributed by atoms with E-state index in [0.717, 1.165) is 0 Å². The third-order valence-corrected chi connectivity index (χ3v) is 2.16. The van der Waals surface area contributed by atoms with E-state index < -0.39 is 24.1 Å². The Morgan fingerprint density at radius 2 is 1.15 bits per heavy atom. The quantitative estimate of drug-likeness (QED) is 0.469. The summed E-state index contributed by atoms with van der Waals surface area (Å²) in [6.07, 6.45) is -2.44. The van der Waals surface area contributed by atoms with Crippen LogP contribution in [0.3, 0.4) is 0 Å². The monoisotopic (exact) mass is 286 g/mol. The van der Waals surface area contributed by atoms with Gasteiger partial charge in [-0.1, -0.05) is 24.3 Å². The summed E-state index contributed by atoms with van der Waals surface area (Å²) in [6, 6.07) is 0. The first-order valence-electron chi connectivity index (χ1n) is 6.01. The maximum absolute atomic E-state index is 11.7. The lowest BCUT2D eigenvalue weighted by molar-refractivity contribution is -0.178. The van der Waals surface area contributed by atoms with Gasteiger partial charge in [0.05, 0.1) is 27.4 Å². The zero-order valence-corrected chi connectivity index (χ0v) is 12.4. The van der Waals surface area contributed by atoms with Gasteiger partial charge >= 0.3 is 11.9 Å². The Labute approximate surface area is 119 Å². The van der Waals surface area contributed by atoms with Crippen LogP contribution in [-0.2, 0) is 28.5 Å². The van der Waals surface area contributed by atoms with E-state index in [1.165, 1.54) is 14.2 Å². The molecular weight excluding hydrogens is 264 g/mol. The second kappa shape index (κ2) is 9.28. The van der Waals surface area contributed by atoms with E-state index in [-0.39, 0.29) is 13.2 Å². The van der Waals surface area contributed by atoms with Crippen LogP contribution in [0.5, 0.6) is 0 Å². The van der Waals surface area contributed by atoms with Crippen LogP contribution in [0, 0.1) is 0 Å². The molecule has 0 aliphatic heterocycles. The number of carbonyl (C=O) groups is 2. The Morgan fingerprint density at radius 1 is 0.850 bits per heavy atom. The largest absolute Gasteiger partial charge is 0.467 e. The highest BCUT2D eigenvalue weighted by atomic mass is 16.6. The van der Waals surface area contributed by atoms with E-state index in [1.54, 1.807) is 13.8 Å². The average Bonchev–Trinajstić information content (AvgIpc) is 2.40. The molecule has 0 fully saturated rings. The van der Waals surface area contributed by atoms with Crippen LogP contribution in [0.25, 0.3) is 0 Å². The van der Waals surface area contributed by atoms with Crippen LogP contribution in [0.2, 0.25) is 0 Å². The molecule has 0 amide bonds. The van der Waals surface area contributed by atoms with Crippen molar-refractivity contribution in [3.05, 3.63) is 24.3 Å². The summed E-state index contributed by atoms with van der Waals surface area (Å²) < 4.78 is 19.9. The number of hydrogen-bond acceptors (Lipinski definition) is 6. The summed E-state index contributed by atoms with van der Waals surface area (Å²) in [6.45, 7) is 11.0. The highest BCUT2D eigenvalue weighted by molar-refractivity contribution is 5.85. The first kappa shape index (κ1) is 18.3. The summed E-state index contributed by atoms with van der Waals surface area (Å²) in [5.41, 5.74) is 1.39. The molecule has 0 spiro atoms. The van der Waals surface area contributed by atoms with Crippen molar-refractivity contribution < 1.29 is 28.5 Å². The summed E-state index contributed by atoms with van der Waals surface area (Å²) in [7, 11) is 2.40. The predicted molar refractivity (Wildman–Crippen MR) is 73.1 cm³/mol. The Hall–Kier alpha value is -1.66. The van der Waals surface area contributed by atoms with Crippen molar-refractivity contribution in [1.29, 1.82) is 0 Å². The standard InChI is InChI=1S/C14H22O6/c1-9(2)7-19-11(13(15)17-5)12(14(16)18-6)20-8-10(3)4/h11-12H,1,3,7-8H2,2,4-6H3/t11-,12-/m1/s1. The number of esters is 2. The molecular formula is C14H22O6. The average molecular weight is 286 g/mol. The maximum Gasteiger partial charge on any atom is 0.338 e. The number of carbonyl (C=O) groups excluding carboxylic acids is 2. The molecule has 0 radical (unpaired) electrons. The van der Waals surface area contributed by atoms with E-state index in [1.807, 2.05) is 0 Å². The number of hydrogen-bond donors (Lipinski definition) is 0. The molecule has 0 aliphatic carbocycles. The van der Waals surface area contributed by atoms with Gasteiger partial charge in [0.1, 0.15) is 0 Å². The van der Waals surface area contributed by atoms with Crippen molar-refractivity contribution >= 4 is 11.9 Å². The normalized spacial score (nSPS) is 13.2. The zero-order valence-electron chi connectivity index (χ0n) is 12.4. The second-order valence-corrected chi connectivity index (χ2v) is 4.42. The number of methoxy groups -OCH3 is 2. The molecule has 6 nitrogen and oxygen atoms in total. The van der Waals surface area contributed by atoms with Crippen molar-refractivity contribution in [3.8, 4) is 0 Å². The minimum Gasteiger partial charge on any atom is -0.467 e. The molecule has 0 aromatic heterocycles. The van der Waals surface area contributed by atoms with E-state index in [9.17, 15) is 9.59 Å². The lowest BCUT2D eigenvalue weighted by Gasteiger charge is -2.23. The van der Waals surface area contributed by atoms with Crippen LogP contribution in [0.1, 0.15) is 13.8 Å². The molecule has 0 aromatic carbocycles. The molecule has 20 heavy (non-hydrogen) atoms. The second-order valence-electron chi connectivity index (χ2n) is 4.42. The maximum atomic E-state index is 11.7. The Kier molecular flexibility index (Phi) is 8.51. The van der Waals surface area contributed by atoms with Gasteiger partial charge in [0.2, 0.25) is 0 Å². The molecule has 0 unspecified atom stereocenters. The van der Waals surface area contributed by atoms with Crippen molar-refractivity contribution in [3.63, 3.8) is 0 Å².